The molecule has 0 aliphatic carbocycles. The maximum Gasteiger partial charge on any atom is -1.00 e. The van der Waals surface area contributed by atoms with Crippen molar-refractivity contribution in [1.29, 1.82) is 0 Å². The van der Waals surface area contributed by atoms with Crippen LogP contribution < -0.4 is 23.3 Å². The van der Waals surface area contributed by atoms with Gasteiger partial charge in [0.05, 0.1) is 0 Å². The van der Waals surface area contributed by atoms with Gasteiger partial charge in [-0.3, -0.25) is 0 Å². The van der Waals surface area contributed by atoms with Gasteiger partial charge in [0.25, 0.3) is 0 Å². The molecular weight excluding hydrogens is 380 g/mol. The molecule has 0 unspecified atom stereocenters. The number of rotatable bonds is 2. The zero-order valence-corrected chi connectivity index (χ0v) is 11.5. The van der Waals surface area contributed by atoms with E-state index in [1.807, 2.05) is 0 Å². The minimum Gasteiger partial charge on any atom is -1.00 e. The van der Waals surface area contributed by atoms with Crippen molar-refractivity contribution in [3.63, 3.8) is 0 Å². The van der Waals surface area contributed by atoms with Gasteiger partial charge in [-0.05, 0) is 0 Å². The smallest absolute Gasteiger partial charge is 1.00 e. The Balaban J connectivity index is 0.00000288. The van der Waals surface area contributed by atoms with Crippen LogP contribution in [0.3, 0.4) is 0 Å². The average Bonchev–Trinajstić information content (AvgIpc) is 2.54. The van der Waals surface area contributed by atoms with Crippen molar-refractivity contribution in [3.05, 3.63) is 58.2 Å². The molecule has 0 saturated heterocycles. The molecule has 0 heterocycles. The Labute approximate surface area is 133 Å². The molecule has 0 saturated carbocycles. The van der Waals surface area contributed by atoms with Crippen molar-refractivity contribution in [3.8, 4) is 0 Å². The van der Waals surface area contributed by atoms with Gasteiger partial charge in [-0.2, -0.15) is 0 Å². The Morgan fingerprint density at radius 2 is 0.500 bits per heavy atom. The van der Waals surface area contributed by atoms with Crippen molar-refractivity contribution < 1.29 is 56.3 Å². The molecule has 2 aromatic rings. The zero-order chi connectivity index (χ0) is 17.6. The van der Waals surface area contributed by atoms with Crippen molar-refractivity contribution in [2.45, 2.75) is 0 Å². The van der Waals surface area contributed by atoms with Crippen molar-refractivity contribution in [2.75, 3.05) is 0 Å². The molecule has 0 aliphatic rings. The third-order valence-electron chi connectivity index (χ3n) is 2.78. The molecule has 2 aromatic carbocycles. The summed E-state index contributed by atoms with van der Waals surface area (Å²) in [6.45, 7) is 0. The molecule has 0 radical (unpaired) electrons. The first-order valence-corrected chi connectivity index (χ1v) is 5.47. The third-order valence-corrected chi connectivity index (χ3v) is 2.78. The van der Waals surface area contributed by atoms with Gasteiger partial charge in [0.1, 0.15) is 0 Å². The third kappa shape index (κ3) is 2.92. The summed E-state index contributed by atoms with van der Waals surface area (Å²) in [5, 5.41) is 0. The van der Waals surface area contributed by atoms with E-state index < -0.39 is 69.1 Å². The van der Waals surface area contributed by atoms with E-state index in [2.05, 4.69) is 0 Å². The largest absolute Gasteiger partial charge is 1.00 e. The SMILES string of the molecule is Fc1c(F)c(F)c([B+]c2c(F)c(F)c(F)c(F)c2F)c(F)c1F.[Cl-]. The van der Waals surface area contributed by atoms with Gasteiger partial charge in [0.15, 0.2) is 0 Å². The quantitative estimate of drug-likeness (QED) is 0.292. The fraction of sp³-hybridized carbons (Fsp3) is 0. The summed E-state index contributed by atoms with van der Waals surface area (Å²) in [5.74, 6) is -24.9. The van der Waals surface area contributed by atoms with Crippen LogP contribution >= 0.6 is 0 Å². The van der Waals surface area contributed by atoms with Gasteiger partial charge >= 0.3 is 120 Å². The summed E-state index contributed by atoms with van der Waals surface area (Å²) >= 11 is 0. The van der Waals surface area contributed by atoms with Gasteiger partial charge < -0.3 is 12.4 Å². The maximum absolute atomic E-state index is 13.4. The summed E-state index contributed by atoms with van der Waals surface area (Å²) in [5.41, 5.74) is -3.71. The topological polar surface area (TPSA) is 0 Å². The molecular formula is C12BClF10. The fourth-order valence-corrected chi connectivity index (χ4v) is 1.64. The maximum atomic E-state index is 13.4. The minimum absolute atomic E-state index is 0. The fourth-order valence-electron chi connectivity index (χ4n) is 1.64. The Morgan fingerprint density at radius 1 is 0.333 bits per heavy atom. The number of halogens is 11. The van der Waals surface area contributed by atoms with E-state index >= 15 is 0 Å². The van der Waals surface area contributed by atoms with Crippen molar-refractivity contribution in [1.82, 2.24) is 0 Å². The summed E-state index contributed by atoms with van der Waals surface area (Å²) in [6.07, 6.45) is 0. The molecule has 0 N–H and O–H groups in total. The Hall–Kier alpha value is -1.91. The van der Waals surface area contributed by atoms with Crippen molar-refractivity contribution in [2.24, 2.45) is 0 Å². The van der Waals surface area contributed by atoms with Crippen LogP contribution in [0.4, 0.5) is 43.9 Å². The van der Waals surface area contributed by atoms with Gasteiger partial charge in [-0.25, -0.2) is 0 Å². The normalized spacial score (nSPS) is 10.4. The molecule has 2 rings (SSSR count). The Bertz CT molecular complexity index is 697. The molecule has 0 fully saturated rings. The average molecular weight is 380 g/mol. The van der Waals surface area contributed by atoms with Crippen LogP contribution in [-0.4, -0.2) is 7.28 Å². The first kappa shape index (κ1) is 20.1. The van der Waals surface area contributed by atoms with E-state index in [0.29, 0.717) is 0 Å². The van der Waals surface area contributed by atoms with E-state index in [4.69, 9.17) is 0 Å². The molecule has 0 bridgehead atoms. The van der Waals surface area contributed by atoms with Crippen LogP contribution in [0.25, 0.3) is 0 Å². The van der Waals surface area contributed by atoms with Crippen LogP contribution in [0.5, 0.6) is 0 Å². The van der Waals surface area contributed by atoms with E-state index in [1.165, 1.54) is 0 Å². The molecule has 24 heavy (non-hydrogen) atoms. The predicted molar refractivity (Wildman–Crippen MR) is 57.5 cm³/mol. The van der Waals surface area contributed by atoms with Gasteiger partial charge in [-0.1, -0.05) is 0 Å². The van der Waals surface area contributed by atoms with Gasteiger partial charge in [-0.15, -0.1) is 0 Å². The standard InChI is InChI=1S/C12BF10.ClH/c14-3-1(4(15)8(19)11(22)7(3)18)13-2-5(16)9(20)12(23)10(21)6(2)17;/h;1H/q+1;/p-1. The van der Waals surface area contributed by atoms with Gasteiger partial charge in [0, 0.05) is 0 Å². The van der Waals surface area contributed by atoms with Crippen LogP contribution in [0.2, 0.25) is 0 Å². The monoisotopic (exact) mass is 380 g/mol. The Kier molecular flexibility index (Phi) is 5.80. The van der Waals surface area contributed by atoms with Crippen LogP contribution in [0, 0.1) is 58.2 Å². The second kappa shape index (κ2) is 6.92. The summed E-state index contributed by atoms with van der Waals surface area (Å²) in [4.78, 5) is 0. The minimum atomic E-state index is -2.55. The summed E-state index contributed by atoms with van der Waals surface area (Å²) in [7, 11) is -0.369. The second-order valence-electron chi connectivity index (χ2n) is 4.11. The van der Waals surface area contributed by atoms with E-state index in [0.717, 1.165) is 0 Å². The molecule has 0 atom stereocenters. The molecule has 0 amide bonds. The molecule has 12 heteroatoms. The second-order valence-corrected chi connectivity index (χ2v) is 4.11. The zero-order valence-electron chi connectivity index (χ0n) is 10.7. The van der Waals surface area contributed by atoms with Crippen LogP contribution in [0.1, 0.15) is 0 Å². The Morgan fingerprint density at radius 3 is 0.708 bits per heavy atom. The van der Waals surface area contributed by atoms with Gasteiger partial charge in [0.2, 0.25) is 0 Å². The molecule has 0 nitrogen and oxygen atoms in total. The van der Waals surface area contributed by atoms with E-state index in [9.17, 15) is 43.9 Å². The van der Waals surface area contributed by atoms with E-state index in [1.54, 1.807) is 0 Å². The van der Waals surface area contributed by atoms with E-state index in [-0.39, 0.29) is 19.7 Å². The first-order chi connectivity index (χ1) is 10.6. The predicted octanol–water partition coefficient (Wildman–Crippen LogP) is -0.263. The van der Waals surface area contributed by atoms with Crippen LogP contribution in [0.15, 0.2) is 0 Å². The summed E-state index contributed by atoms with van der Waals surface area (Å²) < 4.78 is 131. The molecule has 0 spiro atoms. The number of hydrogen-bond donors (Lipinski definition) is 0. The summed E-state index contributed by atoms with van der Waals surface area (Å²) in [6, 6.07) is 0. The number of benzene rings is 2. The number of hydrogen-bond acceptors (Lipinski definition) is 0. The van der Waals surface area contributed by atoms with Crippen molar-refractivity contribution >= 4 is 18.2 Å². The first-order valence-electron chi connectivity index (χ1n) is 5.47. The molecule has 0 aliphatic heterocycles. The molecule has 0 aromatic heterocycles. The molecule has 128 valence electrons. The van der Waals surface area contributed by atoms with Crippen LogP contribution in [-0.2, 0) is 0 Å².